The Kier molecular flexibility index (Phi) is 7.29. The summed E-state index contributed by atoms with van der Waals surface area (Å²) in [5.41, 5.74) is 2.24. The average molecular weight is 329 g/mol. The second-order valence-corrected chi connectivity index (χ2v) is 5.41. The summed E-state index contributed by atoms with van der Waals surface area (Å²) >= 11 is 0. The second kappa shape index (κ2) is 9.72. The van der Waals surface area contributed by atoms with Gasteiger partial charge in [-0.3, -0.25) is 0 Å². The van der Waals surface area contributed by atoms with Crippen molar-refractivity contribution in [2.24, 2.45) is 0 Å². The highest BCUT2D eigenvalue weighted by molar-refractivity contribution is 5.62. The van der Waals surface area contributed by atoms with Gasteiger partial charge in [-0.25, -0.2) is 9.97 Å². The summed E-state index contributed by atoms with van der Waals surface area (Å²) in [5, 5.41) is 6.58. The van der Waals surface area contributed by atoms with Crippen molar-refractivity contribution in [2.45, 2.75) is 20.3 Å². The number of anilines is 4. The van der Waals surface area contributed by atoms with Crippen LogP contribution in [0.3, 0.4) is 0 Å². The molecule has 2 aromatic rings. The van der Waals surface area contributed by atoms with Crippen molar-refractivity contribution in [3.63, 3.8) is 0 Å². The van der Waals surface area contributed by atoms with Gasteiger partial charge in [-0.2, -0.15) is 0 Å². The third kappa shape index (κ3) is 5.38. The zero-order chi connectivity index (χ0) is 17.2. The summed E-state index contributed by atoms with van der Waals surface area (Å²) in [4.78, 5) is 10.8. The molecule has 2 rings (SSSR count). The van der Waals surface area contributed by atoms with Gasteiger partial charge in [0.15, 0.2) is 0 Å². The molecule has 0 atom stereocenters. The Bertz CT molecular complexity index is 599. The van der Waals surface area contributed by atoms with Crippen molar-refractivity contribution in [2.75, 3.05) is 48.9 Å². The van der Waals surface area contributed by atoms with Gasteiger partial charge >= 0.3 is 0 Å². The van der Waals surface area contributed by atoms with Crippen LogP contribution < -0.4 is 15.5 Å². The lowest BCUT2D eigenvalue weighted by Crippen LogP contribution is -2.21. The highest BCUT2D eigenvalue weighted by Crippen LogP contribution is 2.21. The van der Waals surface area contributed by atoms with Crippen LogP contribution >= 0.6 is 0 Å². The maximum Gasteiger partial charge on any atom is 0.135 e. The summed E-state index contributed by atoms with van der Waals surface area (Å²) < 4.78 is 5.04. The van der Waals surface area contributed by atoms with Crippen LogP contribution in [0.1, 0.15) is 20.3 Å². The van der Waals surface area contributed by atoms with Crippen LogP contribution in [-0.2, 0) is 4.74 Å². The molecule has 2 N–H and O–H groups in total. The fraction of sp³-hybridized carbons (Fsp3) is 0.444. The normalized spacial score (nSPS) is 10.5. The quantitative estimate of drug-likeness (QED) is 0.650. The molecule has 24 heavy (non-hydrogen) atoms. The van der Waals surface area contributed by atoms with Crippen LogP contribution in [0, 0.1) is 0 Å². The van der Waals surface area contributed by atoms with Crippen LogP contribution in [0.4, 0.5) is 23.0 Å². The topological polar surface area (TPSA) is 62.3 Å². The van der Waals surface area contributed by atoms with Gasteiger partial charge in [0.05, 0.1) is 0 Å². The lowest BCUT2D eigenvalue weighted by Gasteiger charge is -2.21. The standard InChI is InChI=1S/C18H27N5O/c1-4-23(5-2)16-9-7-15(8-10-16)22-18-13-17(20-14-21-18)19-11-6-12-24-3/h7-10,13-14H,4-6,11-12H2,1-3H3,(H2,19,20,21,22). The first-order valence-electron chi connectivity index (χ1n) is 8.43. The molecule has 1 aromatic heterocycles. The maximum atomic E-state index is 5.04. The molecule has 1 aromatic carbocycles. The minimum Gasteiger partial charge on any atom is -0.385 e. The number of hydrogen-bond donors (Lipinski definition) is 2. The smallest absolute Gasteiger partial charge is 0.135 e. The number of ether oxygens (including phenoxy) is 1. The van der Waals surface area contributed by atoms with Gasteiger partial charge in [0, 0.05) is 50.8 Å². The Morgan fingerprint density at radius 3 is 2.42 bits per heavy atom. The van der Waals surface area contributed by atoms with Crippen molar-refractivity contribution in [3.8, 4) is 0 Å². The Morgan fingerprint density at radius 2 is 1.75 bits per heavy atom. The van der Waals surface area contributed by atoms with Gasteiger partial charge in [-0.15, -0.1) is 0 Å². The van der Waals surface area contributed by atoms with E-state index in [0.717, 1.165) is 50.0 Å². The SMILES string of the molecule is CCN(CC)c1ccc(Nc2cc(NCCCOC)ncn2)cc1. The molecule has 0 saturated heterocycles. The molecule has 0 spiro atoms. The van der Waals surface area contributed by atoms with E-state index in [1.807, 2.05) is 6.07 Å². The van der Waals surface area contributed by atoms with Crippen molar-refractivity contribution in [1.82, 2.24) is 9.97 Å². The fourth-order valence-corrected chi connectivity index (χ4v) is 2.45. The van der Waals surface area contributed by atoms with E-state index in [1.54, 1.807) is 13.4 Å². The Hall–Kier alpha value is -2.34. The molecular formula is C18H27N5O. The zero-order valence-electron chi connectivity index (χ0n) is 14.7. The molecule has 0 saturated carbocycles. The molecule has 6 nitrogen and oxygen atoms in total. The monoisotopic (exact) mass is 329 g/mol. The zero-order valence-corrected chi connectivity index (χ0v) is 14.7. The summed E-state index contributed by atoms with van der Waals surface area (Å²) in [6, 6.07) is 10.3. The molecule has 130 valence electrons. The number of nitrogens with zero attached hydrogens (tertiary/aromatic N) is 3. The molecule has 1 heterocycles. The second-order valence-electron chi connectivity index (χ2n) is 5.41. The van der Waals surface area contributed by atoms with Crippen LogP contribution in [0.25, 0.3) is 0 Å². The number of hydrogen-bond acceptors (Lipinski definition) is 6. The average Bonchev–Trinajstić information content (AvgIpc) is 2.62. The van der Waals surface area contributed by atoms with Gasteiger partial charge in [-0.1, -0.05) is 0 Å². The largest absolute Gasteiger partial charge is 0.385 e. The van der Waals surface area contributed by atoms with Gasteiger partial charge in [0.25, 0.3) is 0 Å². The molecule has 6 heteroatoms. The van der Waals surface area contributed by atoms with Crippen molar-refractivity contribution < 1.29 is 4.74 Å². The first-order chi connectivity index (χ1) is 11.8. The highest BCUT2D eigenvalue weighted by Gasteiger charge is 2.03. The molecule has 0 aliphatic rings. The minimum absolute atomic E-state index is 0.738. The lowest BCUT2D eigenvalue weighted by atomic mass is 10.2. The third-order valence-corrected chi connectivity index (χ3v) is 3.77. The molecule has 0 amide bonds. The van der Waals surface area contributed by atoms with E-state index in [4.69, 9.17) is 4.74 Å². The number of rotatable bonds is 10. The first kappa shape index (κ1) is 18.0. The van der Waals surface area contributed by atoms with Crippen molar-refractivity contribution in [1.29, 1.82) is 0 Å². The molecule has 0 bridgehead atoms. The number of benzene rings is 1. The fourth-order valence-electron chi connectivity index (χ4n) is 2.45. The van der Waals surface area contributed by atoms with Crippen LogP contribution in [0.15, 0.2) is 36.7 Å². The summed E-state index contributed by atoms with van der Waals surface area (Å²) in [6.07, 6.45) is 2.50. The maximum absolute atomic E-state index is 5.04. The van der Waals surface area contributed by atoms with Gasteiger partial charge in [0.1, 0.15) is 18.0 Å². The predicted octanol–water partition coefficient (Wildman–Crippen LogP) is 3.51. The van der Waals surface area contributed by atoms with Crippen LogP contribution in [-0.4, -0.2) is 43.3 Å². The Morgan fingerprint density at radius 1 is 1.04 bits per heavy atom. The van der Waals surface area contributed by atoms with Gasteiger partial charge in [-0.05, 0) is 44.5 Å². The van der Waals surface area contributed by atoms with E-state index in [2.05, 4.69) is 63.6 Å². The molecule has 0 aliphatic carbocycles. The molecule has 0 aliphatic heterocycles. The predicted molar refractivity (Wildman–Crippen MR) is 100 cm³/mol. The van der Waals surface area contributed by atoms with Gasteiger partial charge < -0.3 is 20.3 Å². The Balaban J connectivity index is 1.95. The molecule has 0 fully saturated rings. The first-order valence-corrected chi connectivity index (χ1v) is 8.43. The van der Waals surface area contributed by atoms with E-state index in [9.17, 15) is 0 Å². The number of methoxy groups -OCH3 is 1. The minimum atomic E-state index is 0.738. The van der Waals surface area contributed by atoms with Gasteiger partial charge in [0.2, 0.25) is 0 Å². The van der Waals surface area contributed by atoms with E-state index in [1.165, 1.54) is 5.69 Å². The van der Waals surface area contributed by atoms with Crippen LogP contribution in [0.5, 0.6) is 0 Å². The number of nitrogens with one attached hydrogen (secondary N) is 2. The molecule has 0 radical (unpaired) electrons. The third-order valence-electron chi connectivity index (χ3n) is 3.77. The van der Waals surface area contributed by atoms with Crippen LogP contribution in [0.2, 0.25) is 0 Å². The summed E-state index contributed by atoms with van der Waals surface area (Å²) in [6.45, 7) is 7.90. The number of aromatic nitrogens is 2. The van der Waals surface area contributed by atoms with E-state index in [0.29, 0.717) is 0 Å². The summed E-state index contributed by atoms with van der Waals surface area (Å²) in [5.74, 6) is 1.58. The van der Waals surface area contributed by atoms with E-state index < -0.39 is 0 Å². The lowest BCUT2D eigenvalue weighted by molar-refractivity contribution is 0.198. The molecular weight excluding hydrogens is 302 g/mol. The van der Waals surface area contributed by atoms with Crippen molar-refractivity contribution in [3.05, 3.63) is 36.7 Å². The Labute approximate surface area is 144 Å². The highest BCUT2D eigenvalue weighted by atomic mass is 16.5. The summed E-state index contributed by atoms with van der Waals surface area (Å²) in [7, 11) is 1.71. The van der Waals surface area contributed by atoms with Crippen molar-refractivity contribution >= 4 is 23.0 Å². The van der Waals surface area contributed by atoms with E-state index >= 15 is 0 Å². The molecule has 0 unspecified atom stereocenters. The van der Waals surface area contributed by atoms with E-state index in [-0.39, 0.29) is 0 Å².